The van der Waals surface area contributed by atoms with E-state index in [0.717, 1.165) is 44.5 Å². The lowest BCUT2D eigenvalue weighted by molar-refractivity contribution is -0.126. The van der Waals surface area contributed by atoms with Gasteiger partial charge in [-0.3, -0.25) is 9.69 Å². The average Bonchev–Trinajstić information content (AvgIpc) is 3.29. The van der Waals surface area contributed by atoms with Gasteiger partial charge < -0.3 is 14.6 Å². The lowest BCUT2D eigenvalue weighted by Gasteiger charge is -2.30. The van der Waals surface area contributed by atoms with Crippen molar-refractivity contribution in [3.63, 3.8) is 0 Å². The summed E-state index contributed by atoms with van der Waals surface area (Å²) in [6, 6.07) is 9.84. The molecule has 1 aromatic carbocycles. The van der Waals surface area contributed by atoms with E-state index in [-0.39, 0.29) is 11.8 Å². The minimum absolute atomic E-state index is 0.0954. The van der Waals surface area contributed by atoms with E-state index in [4.69, 9.17) is 9.26 Å². The highest BCUT2D eigenvalue weighted by Crippen LogP contribution is 2.21. The van der Waals surface area contributed by atoms with E-state index in [9.17, 15) is 4.79 Å². The number of hydrogen-bond donors (Lipinski definition) is 1. The van der Waals surface area contributed by atoms with Crippen molar-refractivity contribution in [2.24, 2.45) is 5.92 Å². The first kappa shape index (κ1) is 22.0. The molecule has 1 saturated heterocycles. The van der Waals surface area contributed by atoms with Crippen LogP contribution in [0.3, 0.4) is 0 Å². The van der Waals surface area contributed by atoms with Crippen LogP contribution in [0.1, 0.15) is 57.3 Å². The highest BCUT2D eigenvalue weighted by Gasteiger charge is 2.25. The Morgan fingerprint density at radius 3 is 2.65 bits per heavy atom. The summed E-state index contributed by atoms with van der Waals surface area (Å²) in [5.74, 6) is 1.52. The standard InChI is InChI=1S/C24H34N4O3/c29-24(25-14-7-17-30-21-10-5-2-6-11-21)20-12-15-28(16-13-20)18-22-26-23(27-31-22)19-8-3-1-4-9-19/h1,3-4,8-9,20-21H,2,5-7,10-18H2,(H,25,29). The van der Waals surface area contributed by atoms with E-state index in [2.05, 4.69) is 20.4 Å². The van der Waals surface area contributed by atoms with Gasteiger partial charge in [0.05, 0.1) is 12.6 Å². The molecule has 1 aromatic heterocycles. The number of aromatic nitrogens is 2. The minimum Gasteiger partial charge on any atom is -0.378 e. The Balaban J connectivity index is 1.11. The molecule has 1 aliphatic carbocycles. The van der Waals surface area contributed by atoms with Crippen LogP contribution in [-0.4, -0.2) is 53.3 Å². The van der Waals surface area contributed by atoms with Gasteiger partial charge in [-0.1, -0.05) is 54.8 Å². The van der Waals surface area contributed by atoms with Crippen LogP contribution in [0.15, 0.2) is 34.9 Å². The van der Waals surface area contributed by atoms with Gasteiger partial charge in [-0.25, -0.2) is 0 Å². The predicted octanol–water partition coefficient (Wildman–Crippen LogP) is 3.80. The topological polar surface area (TPSA) is 80.5 Å². The molecule has 0 unspecified atom stereocenters. The molecule has 0 radical (unpaired) electrons. The summed E-state index contributed by atoms with van der Waals surface area (Å²) in [6.45, 7) is 3.82. The SMILES string of the molecule is O=C(NCCCOC1CCCCC1)C1CCN(Cc2nc(-c3ccccc3)no2)CC1. The molecule has 0 atom stereocenters. The fraction of sp³-hybridized carbons (Fsp3) is 0.625. The Bertz CT molecular complexity index is 796. The summed E-state index contributed by atoms with van der Waals surface area (Å²) < 4.78 is 11.4. The maximum absolute atomic E-state index is 12.5. The van der Waals surface area contributed by atoms with Gasteiger partial charge in [0.15, 0.2) is 0 Å². The number of nitrogens with one attached hydrogen (secondary N) is 1. The number of benzene rings is 1. The number of amides is 1. The summed E-state index contributed by atoms with van der Waals surface area (Å²) in [5.41, 5.74) is 0.956. The summed E-state index contributed by atoms with van der Waals surface area (Å²) in [4.78, 5) is 19.3. The van der Waals surface area contributed by atoms with Crippen molar-refractivity contribution in [3.8, 4) is 11.4 Å². The van der Waals surface area contributed by atoms with Crippen molar-refractivity contribution in [2.75, 3.05) is 26.2 Å². The molecule has 7 nitrogen and oxygen atoms in total. The largest absolute Gasteiger partial charge is 0.378 e. The molecular formula is C24H34N4O3. The van der Waals surface area contributed by atoms with Crippen molar-refractivity contribution >= 4 is 5.91 Å². The zero-order valence-corrected chi connectivity index (χ0v) is 18.3. The minimum atomic E-state index is 0.0954. The van der Waals surface area contributed by atoms with E-state index < -0.39 is 0 Å². The molecule has 0 spiro atoms. The van der Waals surface area contributed by atoms with Crippen LogP contribution in [-0.2, 0) is 16.1 Å². The van der Waals surface area contributed by atoms with Gasteiger partial charge in [-0.2, -0.15) is 4.98 Å². The van der Waals surface area contributed by atoms with E-state index in [0.29, 0.717) is 30.9 Å². The average molecular weight is 427 g/mol. The molecule has 4 rings (SSSR count). The molecule has 2 aliphatic rings. The molecule has 31 heavy (non-hydrogen) atoms. The van der Waals surface area contributed by atoms with Crippen molar-refractivity contribution in [2.45, 2.75) is 64.0 Å². The lowest BCUT2D eigenvalue weighted by Crippen LogP contribution is -2.40. The molecule has 2 fully saturated rings. The molecule has 1 N–H and O–H groups in total. The number of hydrogen-bond acceptors (Lipinski definition) is 6. The van der Waals surface area contributed by atoms with Gasteiger partial charge >= 0.3 is 0 Å². The Labute approximate surface area is 184 Å². The second kappa shape index (κ2) is 11.4. The Kier molecular flexibility index (Phi) is 8.07. The Morgan fingerprint density at radius 1 is 1.10 bits per heavy atom. The zero-order chi connectivity index (χ0) is 21.3. The maximum atomic E-state index is 12.5. The van der Waals surface area contributed by atoms with Crippen molar-refractivity contribution in [1.82, 2.24) is 20.4 Å². The lowest BCUT2D eigenvalue weighted by atomic mass is 9.96. The maximum Gasteiger partial charge on any atom is 0.241 e. The smallest absolute Gasteiger partial charge is 0.241 e. The summed E-state index contributed by atoms with van der Waals surface area (Å²) in [5, 5.41) is 7.18. The van der Waals surface area contributed by atoms with Crippen molar-refractivity contribution < 1.29 is 14.1 Å². The second-order valence-electron chi connectivity index (χ2n) is 8.70. The van der Waals surface area contributed by atoms with E-state index >= 15 is 0 Å². The fourth-order valence-corrected chi connectivity index (χ4v) is 4.48. The molecule has 7 heteroatoms. The second-order valence-corrected chi connectivity index (χ2v) is 8.70. The summed E-state index contributed by atoms with van der Waals surface area (Å²) in [6.07, 6.45) is 9.39. The van der Waals surface area contributed by atoms with Crippen LogP contribution in [0.25, 0.3) is 11.4 Å². The Morgan fingerprint density at radius 2 is 1.87 bits per heavy atom. The third kappa shape index (κ3) is 6.61. The first-order valence-electron chi connectivity index (χ1n) is 11.8. The first-order chi connectivity index (χ1) is 15.3. The number of carbonyl (C=O) groups excluding carboxylic acids is 1. The molecule has 1 aliphatic heterocycles. The van der Waals surface area contributed by atoms with Gasteiger partial charge in [0.25, 0.3) is 0 Å². The van der Waals surface area contributed by atoms with Crippen LogP contribution >= 0.6 is 0 Å². The number of likely N-dealkylation sites (tertiary alicyclic amines) is 1. The molecular weight excluding hydrogens is 392 g/mol. The quantitative estimate of drug-likeness (QED) is 0.614. The molecule has 168 valence electrons. The number of ether oxygens (including phenoxy) is 1. The predicted molar refractivity (Wildman–Crippen MR) is 118 cm³/mol. The third-order valence-corrected chi connectivity index (χ3v) is 6.34. The van der Waals surface area contributed by atoms with Crippen molar-refractivity contribution in [3.05, 3.63) is 36.2 Å². The van der Waals surface area contributed by atoms with E-state index in [1.807, 2.05) is 30.3 Å². The van der Waals surface area contributed by atoms with E-state index in [1.165, 1.54) is 32.1 Å². The number of carbonyl (C=O) groups is 1. The van der Waals surface area contributed by atoms with Gasteiger partial charge in [-0.05, 0) is 45.2 Å². The Hall–Kier alpha value is -2.25. The number of rotatable bonds is 9. The molecule has 0 bridgehead atoms. The van der Waals surface area contributed by atoms with Crippen LogP contribution in [0, 0.1) is 5.92 Å². The van der Waals surface area contributed by atoms with Crippen LogP contribution in [0.2, 0.25) is 0 Å². The van der Waals surface area contributed by atoms with Crippen molar-refractivity contribution in [1.29, 1.82) is 0 Å². The third-order valence-electron chi connectivity index (χ3n) is 6.34. The van der Waals surface area contributed by atoms with Gasteiger partial charge in [-0.15, -0.1) is 0 Å². The number of nitrogens with zero attached hydrogens (tertiary/aromatic N) is 3. The summed E-state index contributed by atoms with van der Waals surface area (Å²) in [7, 11) is 0. The first-order valence-corrected chi connectivity index (χ1v) is 11.8. The molecule has 2 aromatic rings. The zero-order valence-electron chi connectivity index (χ0n) is 18.3. The van der Waals surface area contributed by atoms with Gasteiger partial charge in [0, 0.05) is 24.6 Å². The molecule has 1 amide bonds. The monoisotopic (exact) mass is 426 g/mol. The van der Waals surface area contributed by atoms with Crippen LogP contribution in [0.5, 0.6) is 0 Å². The van der Waals surface area contributed by atoms with Crippen LogP contribution < -0.4 is 5.32 Å². The number of piperidine rings is 1. The van der Waals surface area contributed by atoms with Crippen LogP contribution in [0.4, 0.5) is 0 Å². The highest BCUT2D eigenvalue weighted by atomic mass is 16.5. The molecule has 1 saturated carbocycles. The van der Waals surface area contributed by atoms with Gasteiger partial charge in [0.1, 0.15) is 0 Å². The summed E-state index contributed by atoms with van der Waals surface area (Å²) >= 11 is 0. The highest BCUT2D eigenvalue weighted by molar-refractivity contribution is 5.78. The normalized spacial score (nSPS) is 18.8. The van der Waals surface area contributed by atoms with E-state index in [1.54, 1.807) is 0 Å². The molecule has 2 heterocycles. The van der Waals surface area contributed by atoms with Gasteiger partial charge in [0.2, 0.25) is 17.6 Å². The fourth-order valence-electron chi connectivity index (χ4n) is 4.48.